The van der Waals surface area contributed by atoms with Crippen LogP contribution in [-0.4, -0.2) is 17.0 Å². The molecule has 0 spiro atoms. The summed E-state index contributed by atoms with van der Waals surface area (Å²) in [5.41, 5.74) is 7.97. The van der Waals surface area contributed by atoms with Crippen LogP contribution in [0.4, 0.5) is 0 Å². The summed E-state index contributed by atoms with van der Waals surface area (Å²) in [4.78, 5) is 0. The van der Waals surface area contributed by atoms with Gasteiger partial charge in [0, 0.05) is 5.56 Å². The molecule has 0 saturated carbocycles. The fourth-order valence-corrected chi connectivity index (χ4v) is 3.80. The van der Waals surface area contributed by atoms with Crippen molar-refractivity contribution in [3.05, 3.63) is 35.4 Å². The number of aliphatic hydroxyl groups is 1. The minimum absolute atomic E-state index is 0.362. The summed E-state index contributed by atoms with van der Waals surface area (Å²) in [6.07, 6.45) is 18.9. The maximum absolute atomic E-state index is 9.65. The van der Waals surface area contributed by atoms with Gasteiger partial charge in [0.2, 0.25) is 0 Å². The largest absolute Gasteiger partial charge is 0.373 e. The molecule has 160 valence electrons. The third-order valence-electron chi connectivity index (χ3n) is 5.51. The highest BCUT2D eigenvalue weighted by Crippen LogP contribution is 2.17. The Balaban J connectivity index is 2.07. The summed E-state index contributed by atoms with van der Waals surface area (Å²) < 4.78 is 0. The first-order chi connectivity index (χ1) is 13.7. The fourth-order valence-electron chi connectivity index (χ4n) is 3.80. The molecule has 0 aliphatic heterocycles. The van der Waals surface area contributed by atoms with Crippen molar-refractivity contribution >= 4 is 5.71 Å². The lowest BCUT2D eigenvalue weighted by Crippen LogP contribution is -2.32. The maximum Gasteiger partial charge on any atom is 0.148 e. The molecule has 0 fully saturated rings. The van der Waals surface area contributed by atoms with Gasteiger partial charge in [0.25, 0.3) is 0 Å². The van der Waals surface area contributed by atoms with Crippen molar-refractivity contribution < 1.29 is 5.11 Å². The Morgan fingerprint density at radius 1 is 0.821 bits per heavy atom. The molecule has 1 rings (SSSR count). The lowest BCUT2D eigenvalue weighted by Gasteiger charge is -2.13. The van der Waals surface area contributed by atoms with E-state index >= 15 is 0 Å². The van der Waals surface area contributed by atoms with Crippen LogP contribution in [0.3, 0.4) is 0 Å². The van der Waals surface area contributed by atoms with E-state index in [2.05, 4.69) is 18.1 Å². The normalized spacial score (nSPS) is 13.0. The van der Waals surface area contributed by atoms with Gasteiger partial charge in [0.1, 0.15) is 11.9 Å². The molecule has 0 radical (unpaired) electrons. The van der Waals surface area contributed by atoms with Gasteiger partial charge in [0.05, 0.1) is 0 Å². The number of nitrogens with two attached hydrogens (primary N) is 2. The zero-order valence-corrected chi connectivity index (χ0v) is 18.0. The van der Waals surface area contributed by atoms with Gasteiger partial charge in [-0.05, 0) is 18.4 Å². The number of hydrogen-bond donors (Lipinski definition) is 3. The van der Waals surface area contributed by atoms with Crippen LogP contribution in [0.5, 0.6) is 0 Å². The van der Waals surface area contributed by atoms with Crippen molar-refractivity contribution in [2.75, 3.05) is 0 Å². The summed E-state index contributed by atoms with van der Waals surface area (Å²) in [5, 5.41) is 13.3. The van der Waals surface area contributed by atoms with E-state index in [-0.39, 0.29) is 0 Å². The number of aliphatic hydroxyl groups excluding tert-OH is 1. The Labute approximate surface area is 172 Å². The molecule has 4 heteroatoms. The van der Waals surface area contributed by atoms with Gasteiger partial charge in [-0.25, -0.2) is 0 Å². The van der Waals surface area contributed by atoms with Crippen molar-refractivity contribution in [1.82, 2.24) is 0 Å². The van der Waals surface area contributed by atoms with E-state index in [1.54, 1.807) is 0 Å². The SMILES string of the molecule is CCCCCCCCCCCCCCCCc1ccccc1/C(=N/N)C(N)O. The second-order valence-corrected chi connectivity index (χ2v) is 7.96. The smallest absolute Gasteiger partial charge is 0.148 e. The molecule has 1 aromatic rings. The molecule has 1 unspecified atom stereocenters. The lowest BCUT2D eigenvalue weighted by atomic mass is 9.97. The number of benzene rings is 1. The van der Waals surface area contributed by atoms with Crippen molar-refractivity contribution in [3.8, 4) is 0 Å². The maximum atomic E-state index is 9.65. The minimum atomic E-state index is -1.14. The first-order valence-corrected chi connectivity index (χ1v) is 11.5. The quantitative estimate of drug-likeness (QED) is 0.106. The molecule has 5 N–H and O–H groups in total. The number of rotatable bonds is 17. The molecular weight excluding hydrogens is 346 g/mol. The van der Waals surface area contributed by atoms with Crippen LogP contribution in [0, 0.1) is 0 Å². The third-order valence-corrected chi connectivity index (χ3v) is 5.51. The van der Waals surface area contributed by atoms with E-state index in [9.17, 15) is 5.11 Å². The standard InChI is InChI=1S/C24H43N3O/c1-2-3-4-5-6-7-8-9-10-11-12-13-14-15-18-21-19-16-17-20-22(21)23(27-26)24(25)28/h16-17,19-20,24,28H,2-15,18,25-26H2,1H3/b27-23-. The van der Waals surface area contributed by atoms with E-state index in [1.165, 1.54) is 83.5 Å². The van der Waals surface area contributed by atoms with Crippen molar-refractivity contribution in [3.63, 3.8) is 0 Å². The molecule has 1 aromatic carbocycles. The van der Waals surface area contributed by atoms with Crippen LogP contribution in [-0.2, 0) is 6.42 Å². The van der Waals surface area contributed by atoms with E-state index in [0.29, 0.717) is 5.71 Å². The Morgan fingerprint density at radius 3 is 1.75 bits per heavy atom. The molecule has 4 nitrogen and oxygen atoms in total. The fraction of sp³-hybridized carbons (Fsp3) is 0.708. The Bertz CT molecular complexity index is 528. The van der Waals surface area contributed by atoms with E-state index < -0.39 is 6.23 Å². The van der Waals surface area contributed by atoms with Crippen LogP contribution < -0.4 is 11.6 Å². The van der Waals surface area contributed by atoms with Crippen molar-refractivity contribution in [2.45, 2.75) is 109 Å². The molecule has 0 aliphatic rings. The van der Waals surface area contributed by atoms with E-state index in [4.69, 9.17) is 11.6 Å². The lowest BCUT2D eigenvalue weighted by molar-refractivity contribution is 0.250. The number of unbranched alkanes of at least 4 members (excludes halogenated alkanes) is 13. The van der Waals surface area contributed by atoms with Crippen LogP contribution >= 0.6 is 0 Å². The van der Waals surface area contributed by atoms with Crippen LogP contribution in [0.25, 0.3) is 0 Å². The summed E-state index contributed by atoms with van der Waals surface area (Å²) in [6, 6.07) is 7.95. The monoisotopic (exact) mass is 389 g/mol. The molecule has 0 amide bonds. The van der Waals surface area contributed by atoms with Crippen LogP contribution in [0.15, 0.2) is 29.4 Å². The highest BCUT2D eigenvalue weighted by molar-refractivity contribution is 6.04. The summed E-state index contributed by atoms with van der Waals surface area (Å²) in [5.74, 6) is 5.40. The molecular formula is C24H43N3O. The van der Waals surface area contributed by atoms with Crippen molar-refractivity contribution in [2.24, 2.45) is 16.7 Å². The average molecular weight is 390 g/mol. The van der Waals surface area contributed by atoms with Gasteiger partial charge in [-0.2, -0.15) is 5.10 Å². The number of hydrazone groups is 1. The zero-order chi connectivity index (χ0) is 20.5. The Kier molecular flexibility index (Phi) is 14.6. The molecule has 0 aliphatic carbocycles. The molecule has 0 heterocycles. The van der Waals surface area contributed by atoms with Gasteiger partial charge in [-0.1, -0.05) is 115 Å². The summed E-state index contributed by atoms with van der Waals surface area (Å²) >= 11 is 0. The van der Waals surface area contributed by atoms with Gasteiger partial charge >= 0.3 is 0 Å². The van der Waals surface area contributed by atoms with Crippen LogP contribution in [0.1, 0.15) is 108 Å². The predicted molar refractivity (Wildman–Crippen MR) is 121 cm³/mol. The topological polar surface area (TPSA) is 84.6 Å². The number of nitrogens with zero attached hydrogens (tertiary/aromatic N) is 1. The van der Waals surface area contributed by atoms with Gasteiger partial charge in [-0.15, -0.1) is 0 Å². The number of hydrogen-bond acceptors (Lipinski definition) is 4. The first kappa shape index (κ1) is 24.6. The molecule has 28 heavy (non-hydrogen) atoms. The third kappa shape index (κ3) is 10.8. The Morgan fingerprint density at radius 2 is 1.29 bits per heavy atom. The number of aryl methyl sites for hydroxylation is 1. The van der Waals surface area contributed by atoms with E-state index in [1.807, 2.05) is 18.2 Å². The van der Waals surface area contributed by atoms with Gasteiger partial charge in [-0.3, -0.25) is 0 Å². The van der Waals surface area contributed by atoms with Crippen molar-refractivity contribution in [1.29, 1.82) is 0 Å². The van der Waals surface area contributed by atoms with E-state index in [0.717, 1.165) is 24.0 Å². The molecule has 0 bridgehead atoms. The minimum Gasteiger partial charge on any atom is -0.373 e. The highest BCUT2D eigenvalue weighted by Gasteiger charge is 2.13. The first-order valence-electron chi connectivity index (χ1n) is 11.5. The zero-order valence-electron chi connectivity index (χ0n) is 18.0. The van der Waals surface area contributed by atoms with Gasteiger partial charge < -0.3 is 16.7 Å². The summed E-state index contributed by atoms with van der Waals surface area (Å²) in [7, 11) is 0. The molecule has 1 atom stereocenters. The van der Waals surface area contributed by atoms with Crippen LogP contribution in [0.2, 0.25) is 0 Å². The highest BCUT2D eigenvalue weighted by atomic mass is 16.3. The average Bonchev–Trinajstić information content (AvgIpc) is 2.69. The predicted octanol–water partition coefficient (Wildman–Crippen LogP) is 5.65. The van der Waals surface area contributed by atoms with Gasteiger partial charge in [0.15, 0.2) is 0 Å². The molecule has 0 saturated heterocycles. The molecule has 0 aromatic heterocycles. The Hall–Kier alpha value is -1.39. The second-order valence-electron chi connectivity index (χ2n) is 7.96. The second kappa shape index (κ2) is 16.6. The summed E-state index contributed by atoms with van der Waals surface area (Å²) in [6.45, 7) is 2.28.